The predicted molar refractivity (Wildman–Crippen MR) is 82.9 cm³/mol. The van der Waals surface area contributed by atoms with E-state index >= 15 is 0 Å². The summed E-state index contributed by atoms with van der Waals surface area (Å²) in [5, 5.41) is 6.21. The number of rotatable bonds is 2. The highest BCUT2D eigenvalue weighted by molar-refractivity contribution is 6.30. The molecule has 5 heteroatoms. The number of anilines is 2. The highest BCUT2D eigenvalue weighted by Crippen LogP contribution is 2.34. The third kappa shape index (κ3) is 2.62. The van der Waals surface area contributed by atoms with Crippen molar-refractivity contribution >= 4 is 34.8 Å². The van der Waals surface area contributed by atoms with Gasteiger partial charge in [0.2, 0.25) is 5.91 Å². The zero-order chi connectivity index (χ0) is 15.0. The van der Waals surface area contributed by atoms with Gasteiger partial charge in [0.05, 0.1) is 5.92 Å². The lowest BCUT2D eigenvalue weighted by molar-refractivity contribution is -0.116. The van der Waals surface area contributed by atoms with Crippen molar-refractivity contribution in [1.29, 1.82) is 0 Å². The lowest BCUT2D eigenvalue weighted by Crippen LogP contribution is -2.11. The van der Waals surface area contributed by atoms with Crippen LogP contribution < -0.4 is 10.6 Å². The Labute approximate surface area is 127 Å². The third-order valence-electron chi connectivity index (χ3n) is 3.53. The smallest absolute Gasteiger partial charge is 0.255 e. The van der Waals surface area contributed by atoms with Crippen molar-refractivity contribution < 1.29 is 9.59 Å². The summed E-state index contributed by atoms with van der Waals surface area (Å²) in [6.07, 6.45) is 0. The molecule has 2 aromatic carbocycles. The van der Waals surface area contributed by atoms with Crippen LogP contribution in [0.5, 0.6) is 0 Å². The summed E-state index contributed by atoms with van der Waals surface area (Å²) in [5.41, 5.74) is 2.89. The monoisotopic (exact) mass is 300 g/mol. The summed E-state index contributed by atoms with van der Waals surface area (Å²) in [6, 6.07) is 12.1. The topological polar surface area (TPSA) is 58.2 Å². The van der Waals surface area contributed by atoms with Crippen LogP contribution in [0.1, 0.15) is 28.8 Å². The average molecular weight is 301 g/mol. The first-order valence-corrected chi connectivity index (χ1v) is 6.94. The zero-order valence-electron chi connectivity index (χ0n) is 11.3. The van der Waals surface area contributed by atoms with Crippen molar-refractivity contribution in [3.63, 3.8) is 0 Å². The summed E-state index contributed by atoms with van der Waals surface area (Å²) in [7, 11) is 0. The number of amides is 2. The molecule has 1 heterocycles. The Kier molecular flexibility index (Phi) is 3.39. The van der Waals surface area contributed by atoms with Gasteiger partial charge in [0.25, 0.3) is 5.91 Å². The first-order valence-electron chi connectivity index (χ1n) is 6.56. The summed E-state index contributed by atoms with van der Waals surface area (Å²) >= 11 is 5.80. The Hall–Kier alpha value is -2.33. The van der Waals surface area contributed by atoms with E-state index < -0.39 is 0 Å². The molecular weight excluding hydrogens is 288 g/mol. The normalized spacial score (nSPS) is 16.3. The van der Waals surface area contributed by atoms with E-state index in [4.69, 9.17) is 11.6 Å². The number of carbonyl (C=O) groups excluding carboxylic acids is 2. The van der Waals surface area contributed by atoms with Gasteiger partial charge in [-0.05, 0) is 55.0 Å². The quantitative estimate of drug-likeness (QED) is 0.889. The third-order valence-corrected chi connectivity index (χ3v) is 3.79. The van der Waals surface area contributed by atoms with Gasteiger partial charge >= 0.3 is 0 Å². The molecule has 0 bridgehead atoms. The van der Waals surface area contributed by atoms with E-state index in [-0.39, 0.29) is 17.7 Å². The van der Waals surface area contributed by atoms with Crippen molar-refractivity contribution in [3.8, 4) is 0 Å². The second kappa shape index (κ2) is 5.22. The lowest BCUT2D eigenvalue weighted by atomic mass is 10.0. The average Bonchev–Trinajstić information content (AvgIpc) is 2.75. The van der Waals surface area contributed by atoms with E-state index in [0.717, 1.165) is 11.3 Å². The number of hydrogen-bond acceptors (Lipinski definition) is 2. The molecule has 0 aliphatic carbocycles. The molecule has 1 unspecified atom stereocenters. The summed E-state index contributed by atoms with van der Waals surface area (Å²) in [4.78, 5) is 23.7. The molecule has 1 aliphatic heterocycles. The minimum Gasteiger partial charge on any atom is -0.325 e. The molecule has 106 valence electrons. The molecule has 2 amide bonds. The van der Waals surface area contributed by atoms with Crippen LogP contribution in [0.4, 0.5) is 11.4 Å². The van der Waals surface area contributed by atoms with Crippen molar-refractivity contribution in [2.45, 2.75) is 12.8 Å². The van der Waals surface area contributed by atoms with Gasteiger partial charge in [0, 0.05) is 22.0 Å². The molecule has 0 spiro atoms. The fourth-order valence-corrected chi connectivity index (χ4v) is 2.43. The van der Waals surface area contributed by atoms with Gasteiger partial charge in [-0.2, -0.15) is 0 Å². The molecule has 0 saturated carbocycles. The number of nitrogens with one attached hydrogen (secondary N) is 2. The second-order valence-electron chi connectivity index (χ2n) is 4.97. The molecule has 0 fully saturated rings. The second-order valence-corrected chi connectivity index (χ2v) is 5.41. The molecule has 0 radical (unpaired) electrons. The predicted octanol–water partition coefficient (Wildman–Crippen LogP) is 3.65. The van der Waals surface area contributed by atoms with E-state index in [9.17, 15) is 9.59 Å². The summed E-state index contributed by atoms with van der Waals surface area (Å²) in [6.45, 7) is 1.84. The van der Waals surface area contributed by atoms with Crippen LogP contribution in [0.15, 0.2) is 42.5 Å². The van der Waals surface area contributed by atoms with Gasteiger partial charge in [-0.15, -0.1) is 0 Å². The summed E-state index contributed by atoms with van der Waals surface area (Å²) in [5.74, 6) is -0.435. The van der Waals surface area contributed by atoms with Gasteiger partial charge in [-0.3, -0.25) is 9.59 Å². The van der Waals surface area contributed by atoms with Crippen LogP contribution in [0, 0.1) is 0 Å². The molecule has 1 atom stereocenters. The van der Waals surface area contributed by atoms with Crippen LogP contribution in [0.25, 0.3) is 0 Å². The van der Waals surface area contributed by atoms with Gasteiger partial charge < -0.3 is 10.6 Å². The molecule has 2 aromatic rings. The number of carbonyl (C=O) groups is 2. The highest BCUT2D eigenvalue weighted by atomic mass is 35.5. The Morgan fingerprint density at radius 2 is 1.90 bits per heavy atom. The number of hydrogen-bond donors (Lipinski definition) is 2. The Morgan fingerprint density at radius 3 is 2.62 bits per heavy atom. The maximum Gasteiger partial charge on any atom is 0.255 e. The van der Waals surface area contributed by atoms with E-state index in [2.05, 4.69) is 10.6 Å². The fraction of sp³-hybridized carbons (Fsp3) is 0.125. The Bertz CT molecular complexity index is 726. The highest BCUT2D eigenvalue weighted by Gasteiger charge is 2.26. The van der Waals surface area contributed by atoms with E-state index in [1.807, 2.05) is 13.0 Å². The van der Waals surface area contributed by atoms with Crippen molar-refractivity contribution in [2.75, 3.05) is 10.6 Å². The molecular formula is C16H13ClN2O2. The van der Waals surface area contributed by atoms with E-state index in [1.165, 1.54) is 0 Å². The van der Waals surface area contributed by atoms with Crippen LogP contribution in [0.3, 0.4) is 0 Å². The molecule has 0 aromatic heterocycles. The molecule has 0 saturated heterocycles. The Balaban J connectivity index is 1.81. The molecule has 2 N–H and O–H groups in total. The molecule has 3 rings (SSSR count). The maximum absolute atomic E-state index is 12.1. The van der Waals surface area contributed by atoms with Crippen molar-refractivity contribution in [2.24, 2.45) is 0 Å². The summed E-state index contributed by atoms with van der Waals surface area (Å²) < 4.78 is 0. The van der Waals surface area contributed by atoms with E-state index in [0.29, 0.717) is 16.3 Å². The lowest BCUT2D eigenvalue weighted by Gasteiger charge is -2.08. The Morgan fingerprint density at radius 1 is 1.19 bits per heavy atom. The number of fused-ring (bicyclic) bond motifs is 1. The minimum atomic E-state index is -0.212. The van der Waals surface area contributed by atoms with Gasteiger partial charge in [0.15, 0.2) is 0 Å². The minimum absolute atomic E-state index is 0.0221. The number of halogens is 1. The van der Waals surface area contributed by atoms with Crippen molar-refractivity contribution in [3.05, 3.63) is 58.6 Å². The van der Waals surface area contributed by atoms with Crippen LogP contribution in [-0.2, 0) is 4.79 Å². The number of benzene rings is 2. The largest absolute Gasteiger partial charge is 0.325 e. The van der Waals surface area contributed by atoms with Crippen molar-refractivity contribution in [1.82, 2.24) is 0 Å². The molecule has 4 nitrogen and oxygen atoms in total. The standard InChI is InChI=1S/C16H13ClN2O2/c1-9-13-8-12(6-7-14(13)19-15(9)20)18-16(21)10-2-4-11(17)5-3-10/h2-9H,1H3,(H,18,21)(H,19,20). The molecule has 1 aliphatic rings. The van der Waals surface area contributed by atoms with Crippen LogP contribution >= 0.6 is 11.6 Å². The fourth-order valence-electron chi connectivity index (χ4n) is 2.30. The van der Waals surface area contributed by atoms with Gasteiger partial charge in [-0.25, -0.2) is 0 Å². The zero-order valence-corrected chi connectivity index (χ0v) is 12.1. The molecule has 21 heavy (non-hydrogen) atoms. The van der Waals surface area contributed by atoms with Gasteiger partial charge in [-0.1, -0.05) is 11.6 Å². The SMILES string of the molecule is CC1C(=O)Nc2ccc(NC(=O)c3ccc(Cl)cc3)cc21. The maximum atomic E-state index is 12.1. The first-order chi connectivity index (χ1) is 10.0. The van der Waals surface area contributed by atoms with E-state index in [1.54, 1.807) is 36.4 Å². The van der Waals surface area contributed by atoms with Gasteiger partial charge in [0.1, 0.15) is 0 Å². The van der Waals surface area contributed by atoms with Crippen LogP contribution in [0.2, 0.25) is 5.02 Å². The van der Waals surface area contributed by atoms with Crippen LogP contribution in [-0.4, -0.2) is 11.8 Å². The first kappa shape index (κ1) is 13.6.